The van der Waals surface area contributed by atoms with Crippen LogP contribution in [0.2, 0.25) is 10.0 Å². The highest BCUT2D eigenvalue weighted by atomic mass is 35.5. The van der Waals surface area contributed by atoms with Gasteiger partial charge in [0.1, 0.15) is 6.04 Å². The Balaban J connectivity index is 1.23. The summed E-state index contributed by atoms with van der Waals surface area (Å²) in [5, 5.41) is 12.0. The molecule has 1 unspecified atom stereocenters. The molecule has 0 aliphatic heterocycles. The van der Waals surface area contributed by atoms with Crippen molar-refractivity contribution in [3.63, 3.8) is 0 Å². The van der Waals surface area contributed by atoms with Gasteiger partial charge in [0.2, 0.25) is 0 Å². The summed E-state index contributed by atoms with van der Waals surface area (Å²) in [4.78, 5) is 38.5. The number of ether oxygens (including phenoxy) is 1. The minimum Gasteiger partial charge on any atom is -0.467 e. The standard InChI is InChI=1S/C31H32Cl2N4O4/c1-41-30(39)26(17-34-31(40)37-24-14-11-19-7-4-5-9-22(19)24)36-29(38)27-23(32)13-15-25(28(27)33)35-21-12-10-18-6-2-3-8-20(18)16-21/h2-9,13,15,21,24,26,35H,10-12,14,16-17H2,1H3,(H,36,38)(H2,34,37,40)/t21?,24-,26+/m1/s1. The fourth-order valence-electron chi connectivity index (χ4n) is 5.59. The molecule has 0 bridgehead atoms. The van der Waals surface area contributed by atoms with Gasteiger partial charge in [-0.3, -0.25) is 4.79 Å². The molecule has 5 rings (SSSR count). The minimum atomic E-state index is -1.16. The number of esters is 1. The topological polar surface area (TPSA) is 109 Å². The number of carbonyl (C=O) groups is 3. The van der Waals surface area contributed by atoms with E-state index in [0.717, 1.165) is 37.7 Å². The summed E-state index contributed by atoms with van der Waals surface area (Å²) in [7, 11) is 1.21. The molecule has 0 aromatic heterocycles. The molecular formula is C31H32Cl2N4O4. The molecule has 4 N–H and O–H groups in total. The van der Waals surface area contributed by atoms with Crippen LogP contribution in [0.25, 0.3) is 0 Å². The second-order valence-corrected chi connectivity index (χ2v) is 11.1. The van der Waals surface area contributed by atoms with Crippen molar-refractivity contribution in [2.75, 3.05) is 19.0 Å². The molecule has 214 valence electrons. The molecule has 3 amide bonds. The number of amides is 3. The van der Waals surface area contributed by atoms with Gasteiger partial charge in [0.15, 0.2) is 0 Å². The number of carbonyl (C=O) groups excluding carboxylic acids is 3. The second-order valence-electron chi connectivity index (χ2n) is 10.3. The van der Waals surface area contributed by atoms with Crippen LogP contribution >= 0.6 is 23.2 Å². The van der Waals surface area contributed by atoms with Gasteiger partial charge in [-0.2, -0.15) is 0 Å². The quantitative estimate of drug-likeness (QED) is 0.267. The molecule has 0 heterocycles. The molecule has 8 nitrogen and oxygen atoms in total. The van der Waals surface area contributed by atoms with E-state index in [0.29, 0.717) is 5.69 Å². The molecule has 2 aliphatic carbocycles. The lowest BCUT2D eigenvalue weighted by Crippen LogP contribution is -2.51. The van der Waals surface area contributed by atoms with E-state index in [1.54, 1.807) is 12.1 Å². The van der Waals surface area contributed by atoms with Gasteiger partial charge in [-0.1, -0.05) is 71.7 Å². The second kappa shape index (κ2) is 12.8. The summed E-state index contributed by atoms with van der Waals surface area (Å²) in [6.45, 7) is -0.187. The number of halogens is 2. The summed E-state index contributed by atoms with van der Waals surface area (Å²) in [6.07, 6.45) is 4.37. The van der Waals surface area contributed by atoms with Crippen LogP contribution in [0.3, 0.4) is 0 Å². The number of nitrogens with one attached hydrogen (secondary N) is 4. The highest BCUT2D eigenvalue weighted by Gasteiger charge is 2.28. The predicted molar refractivity (Wildman–Crippen MR) is 160 cm³/mol. The molecule has 0 saturated carbocycles. The first-order chi connectivity index (χ1) is 19.8. The van der Waals surface area contributed by atoms with Gasteiger partial charge in [0.25, 0.3) is 5.91 Å². The van der Waals surface area contributed by atoms with Crippen LogP contribution in [-0.4, -0.2) is 43.6 Å². The van der Waals surface area contributed by atoms with Crippen molar-refractivity contribution in [3.05, 3.63) is 98.5 Å². The predicted octanol–water partition coefficient (Wildman–Crippen LogP) is 5.22. The van der Waals surface area contributed by atoms with E-state index in [2.05, 4.69) is 33.4 Å². The van der Waals surface area contributed by atoms with E-state index in [1.165, 1.54) is 23.8 Å². The van der Waals surface area contributed by atoms with Crippen molar-refractivity contribution in [1.29, 1.82) is 0 Å². The van der Waals surface area contributed by atoms with Gasteiger partial charge < -0.3 is 26.0 Å². The number of methoxy groups -OCH3 is 1. The van der Waals surface area contributed by atoms with Gasteiger partial charge in [0, 0.05) is 6.04 Å². The van der Waals surface area contributed by atoms with Gasteiger partial charge in [-0.25, -0.2) is 9.59 Å². The third-order valence-electron chi connectivity index (χ3n) is 7.72. The third kappa shape index (κ3) is 6.60. The molecule has 3 aromatic rings. The molecule has 0 radical (unpaired) electrons. The average Bonchev–Trinajstić information content (AvgIpc) is 3.38. The maximum atomic E-state index is 13.3. The van der Waals surface area contributed by atoms with E-state index in [-0.39, 0.29) is 34.2 Å². The lowest BCUT2D eigenvalue weighted by atomic mass is 9.88. The zero-order valence-electron chi connectivity index (χ0n) is 22.6. The van der Waals surface area contributed by atoms with Crippen molar-refractivity contribution < 1.29 is 19.1 Å². The maximum absolute atomic E-state index is 13.3. The fraction of sp³-hybridized carbons (Fsp3) is 0.323. The van der Waals surface area contributed by atoms with E-state index in [1.807, 2.05) is 36.4 Å². The van der Waals surface area contributed by atoms with E-state index >= 15 is 0 Å². The van der Waals surface area contributed by atoms with Crippen LogP contribution < -0.4 is 21.3 Å². The summed E-state index contributed by atoms with van der Waals surface area (Å²) < 4.78 is 4.87. The van der Waals surface area contributed by atoms with Crippen molar-refractivity contribution in [2.45, 2.75) is 50.2 Å². The Morgan fingerprint density at radius 1 is 0.927 bits per heavy atom. The first-order valence-electron chi connectivity index (χ1n) is 13.7. The van der Waals surface area contributed by atoms with E-state index in [4.69, 9.17) is 27.9 Å². The first kappa shape index (κ1) is 28.8. The lowest BCUT2D eigenvalue weighted by molar-refractivity contribution is -0.142. The Morgan fingerprint density at radius 2 is 1.63 bits per heavy atom. The molecule has 2 aliphatic rings. The number of rotatable bonds is 8. The van der Waals surface area contributed by atoms with Crippen LogP contribution in [0, 0.1) is 0 Å². The van der Waals surface area contributed by atoms with Crippen LogP contribution in [0.5, 0.6) is 0 Å². The summed E-state index contributed by atoms with van der Waals surface area (Å²) in [5.74, 6) is -1.37. The van der Waals surface area contributed by atoms with E-state index in [9.17, 15) is 14.4 Å². The maximum Gasteiger partial charge on any atom is 0.330 e. The SMILES string of the molecule is COC(=O)[C@H](CNC(=O)N[C@@H]1CCc2ccccc21)NC(=O)c1c(Cl)ccc(NC2CCc3ccccc3C2)c1Cl. The van der Waals surface area contributed by atoms with Crippen molar-refractivity contribution in [2.24, 2.45) is 0 Å². The number of urea groups is 1. The Morgan fingerprint density at radius 3 is 2.41 bits per heavy atom. The van der Waals surface area contributed by atoms with Crippen molar-refractivity contribution in [3.8, 4) is 0 Å². The summed E-state index contributed by atoms with van der Waals surface area (Å²) >= 11 is 13.1. The zero-order valence-corrected chi connectivity index (χ0v) is 24.1. The molecule has 0 spiro atoms. The Bertz CT molecular complexity index is 1460. The number of anilines is 1. The molecule has 0 fully saturated rings. The first-order valence-corrected chi connectivity index (χ1v) is 14.4. The van der Waals surface area contributed by atoms with Crippen molar-refractivity contribution >= 4 is 46.8 Å². The zero-order chi connectivity index (χ0) is 28.9. The monoisotopic (exact) mass is 594 g/mol. The largest absolute Gasteiger partial charge is 0.467 e. The van der Waals surface area contributed by atoms with E-state index < -0.39 is 23.9 Å². The highest BCUT2D eigenvalue weighted by Crippen LogP contribution is 2.34. The Kier molecular flexibility index (Phi) is 9.00. The third-order valence-corrected chi connectivity index (χ3v) is 8.43. The van der Waals surface area contributed by atoms with Crippen LogP contribution in [0.15, 0.2) is 60.7 Å². The number of hydrogen-bond acceptors (Lipinski definition) is 5. The molecule has 3 aromatic carbocycles. The van der Waals surface area contributed by atoms with Gasteiger partial charge in [0.05, 0.1) is 41.0 Å². The number of fused-ring (bicyclic) bond motifs is 2. The normalized spacial score (nSPS) is 17.9. The van der Waals surface area contributed by atoms with Gasteiger partial charge in [-0.05, 0) is 66.5 Å². The fourth-order valence-corrected chi connectivity index (χ4v) is 6.19. The smallest absolute Gasteiger partial charge is 0.330 e. The van der Waals surface area contributed by atoms with Crippen molar-refractivity contribution in [1.82, 2.24) is 16.0 Å². The van der Waals surface area contributed by atoms with Gasteiger partial charge >= 0.3 is 12.0 Å². The Hall–Kier alpha value is -3.75. The number of aryl methyl sites for hydroxylation is 2. The molecular weight excluding hydrogens is 563 g/mol. The van der Waals surface area contributed by atoms with Crippen LogP contribution in [-0.2, 0) is 28.8 Å². The summed E-state index contributed by atoms with van der Waals surface area (Å²) in [5.41, 5.74) is 5.53. The summed E-state index contributed by atoms with van der Waals surface area (Å²) in [6, 6.07) is 18.0. The average molecular weight is 596 g/mol. The van der Waals surface area contributed by atoms with Crippen LogP contribution in [0.4, 0.5) is 10.5 Å². The highest BCUT2D eigenvalue weighted by molar-refractivity contribution is 6.41. The molecule has 0 saturated heterocycles. The lowest BCUT2D eigenvalue weighted by Gasteiger charge is -2.27. The van der Waals surface area contributed by atoms with Gasteiger partial charge in [-0.15, -0.1) is 0 Å². The minimum absolute atomic E-state index is 0.0375. The number of hydrogen-bond donors (Lipinski definition) is 4. The molecule has 3 atom stereocenters. The Labute approximate surface area is 249 Å². The molecule has 10 heteroatoms. The molecule has 41 heavy (non-hydrogen) atoms. The number of benzene rings is 3. The van der Waals surface area contributed by atoms with Crippen LogP contribution in [0.1, 0.15) is 51.5 Å².